The van der Waals surface area contributed by atoms with Crippen molar-refractivity contribution in [2.24, 2.45) is 0 Å². The zero-order valence-electron chi connectivity index (χ0n) is 8.25. The van der Waals surface area contributed by atoms with Crippen molar-refractivity contribution in [3.8, 4) is 0 Å². The first kappa shape index (κ1) is 9.99. The molecule has 0 aliphatic heterocycles. The Bertz CT molecular complexity index is 256. The summed E-state index contributed by atoms with van der Waals surface area (Å²) in [6, 6.07) is 3.79. The molecule has 0 fully saturated rings. The fourth-order valence-corrected chi connectivity index (χ4v) is 1.28. The summed E-state index contributed by atoms with van der Waals surface area (Å²) < 4.78 is 0. The van der Waals surface area contributed by atoms with Crippen LogP contribution in [0, 0.1) is 0 Å². The molecule has 0 aromatic carbocycles. The molecule has 1 aromatic rings. The highest BCUT2D eigenvalue weighted by molar-refractivity contribution is 5.28. The molecule has 1 aromatic heterocycles. The maximum atomic E-state index is 7.36. The third kappa shape index (κ3) is 3.03. The summed E-state index contributed by atoms with van der Waals surface area (Å²) in [5, 5.41) is 0. The van der Waals surface area contributed by atoms with Gasteiger partial charge in [-0.1, -0.05) is 13.8 Å². The minimum Gasteiger partial charge on any atom is -0.300 e. The normalized spacial score (nSPS) is 10.7. The summed E-state index contributed by atoms with van der Waals surface area (Å²) in [7, 11) is 0. The van der Waals surface area contributed by atoms with E-state index in [0.29, 0.717) is 5.82 Å². The predicted octanol–water partition coefficient (Wildman–Crippen LogP) is 1.84. The van der Waals surface area contributed by atoms with Crippen LogP contribution in [0.2, 0.25) is 0 Å². The molecule has 0 atom stereocenters. The van der Waals surface area contributed by atoms with Crippen LogP contribution in [0.5, 0.6) is 0 Å². The van der Waals surface area contributed by atoms with E-state index in [2.05, 4.69) is 23.7 Å². The van der Waals surface area contributed by atoms with Crippen molar-refractivity contribution in [1.29, 1.82) is 0 Å². The van der Waals surface area contributed by atoms with Crippen LogP contribution in [0.1, 0.15) is 19.4 Å². The van der Waals surface area contributed by atoms with Gasteiger partial charge in [0.05, 0.1) is 0 Å². The monoisotopic (exact) mass is 178 g/mol. The van der Waals surface area contributed by atoms with Crippen LogP contribution in [-0.2, 0) is 6.54 Å². The van der Waals surface area contributed by atoms with Gasteiger partial charge in [0.1, 0.15) is 5.82 Å². The topological polar surface area (TPSA) is 39.9 Å². The maximum absolute atomic E-state index is 7.36. The summed E-state index contributed by atoms with van der Waals surface area (Å²) in [6.07, 6.45) is 1.70. The van der Waals surface area contributed by atoms with E-state index in [0.717, 1.165) is 19.6 Å². The third-order valence-electron chi connectivity index (χ3n) is 2.12. The molecule has 1 N–H and O–H groups in total. The molecule has 0 saturated carbocycles. The van der Waals surface area contributed by atoms with Crippen molar-refractivity contribution < 1.29 is 0 Å². The molecule has 0 aliphatic carbocycles. The first-order chi connectivity index (χ1) is 6.26. The quantitative estimate of drug-likeness (QED) is 0.705. The molecule has 71 valence electrons. The molecule has 3 heteroatoms. The first-order valence-corrected chi connectivity index (χ1v) is 4.65. The fraction of sp³-hybridized carbons (Fsp3) is 0.500. The van der Waals surface area contributed by atoms with Crippen molar-refractivity contribution in [3.05, 3.63) is 23.9 Å². The Labute approximate surface area is 79.6 Å². The van der Waals surface area contributed by atoms with Crippen molar-refractivity contribution in [3.63, 3.8) is 0 Å². The lowest BCUT2D eigenvalue weighted by Crippen LogP contribution is -2.22. The van der Waals surface area contributed by atoms with E-state index < -0.39 is 0 Å². The van der Waals surface area contributed by atoms with Crippen molar-refractivity contribution in [2.45, 2.75) is 20.4 Å². The summed E-state index contributed by atoms with van der Waals surface area (Å²) in [6.45, 7) is 7.30. The average Bonchev–Trinajstić information content (AvgIpc) is 2.14. The van der Waals surface area contributed by atoms with Crippen LogP contribution in [0.4, 0.5) is 5.82 Å². The standard InChI is InChI=1S/C10H16N3/c1-3-13(4-2)8-9-5-6-12-10(11)7-9/h5-7,11H,3-4,8H2,1-2H3. The minimum atomic E-state index is 0.352. The van der Waals surface area contributed by atoms with Gasteiger partial charge in [-0.05, 0) is 30.8 Å². The van der Waals surface area contributed by atoms with Gasteiger partial charge in [-0.25, -0.2) is 4.98 Å². The average molecular weight is 178 g/mol. The molecule has 13 heavy (non-hydrogen) atoms. The minimum absolute atomic E-state index is 0.352. The summed E-state index contributed by atoms with van der Waals surface area (Å²) in [5.41, 5.74) is 8.53. The number of nitrogens with zero attached hydrogens (tertiary/aromatic N) is 2. The summed E-state index contributed by atoms with van der Waals surface area (Å²) >= 11 is 0. The molecule has 1 radical (unpaired) electrons. The maximum Gasteiger partial charge on any atom is 0.144 e. The van der Waals surface area contributed by atoms with Gasteiger partial charge in [0, 0.05) is 12.7 Å². The molecule has 0 aliphatic rings. The zero-order chi connectivity index (χ0) is 9.68. The van der Waals surface area contributed by atoms with Crippen LogP contribution in [0.25, 0.3) is 0 Å². The molecule has 3 nitrogen and oxygen atoms in total. The number of hydrogen-bond acceptors (Lipinski definition) is 2. The summed E-state index contributed by atoms with van der Waals surface area (Å²) in [5.74, 6) is 0.352. The lowest BCUT2D eigenvalue weighted by molar-refractivity contribution is 0.296. The second-order valence-corrected chi connectivity index (χ2v) is 3.01. The molecule has 0 saturated heterocycles. The number of hydrogen-bond donors (Lipinski definition) is 0. The van der Waals surface area contributed by atoms with Crippen molar-refractivity contribution >= 4 is 5.82 Å². The number of rotatable bonds is 4. The molecule has 0 amide bonds. The highest BCUT2D eigenvalue weighted by Crippen LogP contribution is 2.07. The predicted molar refractivity (Wildman–Crippen MR) is 53.6 cm³/mol. The Morgan fingerprint density at radius 3 is 2.62 bits per heavy atom. The Morgan fingerprint density at radius 2 is 2.08 bits per heavy atom. The third-order valence-corrected chi connectivity index (χ3v) is 2.12. The van der Waals surface area contributed by atoms with Gasteiger partial charge in [0.2, 0.25) is 0 Å². The Morgan fingerprint density at radius 1 is 1.38 bits per heavy atom. The number of aromatic nitrogens is 1. The highest BCUT2D eigenvalue weighted by atomic mass is 15.1. The van der Waals surface area contributed by atoms with Gasteiger partial charge in [0.15, 0.2) is 0 Å². The Hall–Kier alpha value is -1.09. The van der Waals surface area contributed by atoms with Gasteiger partial charge in [0.25, 0.3) is 0 Å². The SMILES string of the molecule is CCN(CC)Cc1ccnc([NH])c1. The van der Waals surface area contributed by atoms with Gasteiger partial charge >= 0.3 is 0 Å². The lowest BCUT2D eigenvalue weighted by atomic mass is 10.2. The smallest absolute Gasteiger partial charge is 0.144 e. The van der Waals surface area contributed by atoms with E-state index in [1.165, 1.54) is 5.56 Å². The molecule has 0 bridgehead atoms. The molecular formula is C10H16N3. The van der Waals surface area contributed by atoms with E-state index in [1.54, 1.807) is 6.20 Å². The van der Waals surface area contributed by atoms with Crippen molar-refractivity contribution in [2.75, 3.05) is 13.1 Å². The van der Waals surface area contributed by atoms with Gasteiger partial charge < -0.3 is 0 Å². The van der Waals surface area contributed by atoms with Gasteiger partial charge in [-0.2, -0.15) is 0 Å². The van der Waals surface area contributed by atoms with Crippen LogP contribution < -0.4 is 5.73 Å². The fourth-order valence-electron chi connectivity index (χ4n) is 1.28. The van der Waals surface area contributed by atoms with E-state index in [1.807, 2.05) is 12.1 Å². The Balaban J connectivity index is 2.62. The van der Waals surface area contributed by atoms with Crippen LogP contribution in [0.15, 0.2) is 18.3 Å². The first-order valence-electron chi connectivity index (χ1n) is 4.65. The molecular weight excluding hydrogens is 162 g/mol. The van der Waals surface area contributed by atoms with Crippen LogP contribution in [0.3, 0.4) is 0 Å². The molecule has 1 rings (SSSR count). The van der Waals surface area contributed by atoms with Crippen LogP contribution in [-0.4, -0.2) is 23.0 Å². The molecule has 0 spiro atoms. The van der Waals surface area contributed by atoms with E-state index in [4.69, 9.17) is 5.73 Å². The largest absolute Gasteiger partial charge is 0.300 e. The van der Waals surface area contributed by atoms with Crippen LogP contribution >= 0.6 is 0 Å². The molecule has 0 unspecified atom stereocenters. The Kier molecular flexibility index (Phi) is 3.71. The zero-order valence-corrected chi connectivity index (χ0v) is 8.25. The number of pyridine rings is 1. The lowest BCUT2D eigenvalue weighted by Gasteiger charge is -2.17. The summed E-state index contributed by atoms with van der Waals surface area (Å²) in [4.78, 5) is 6.16. The van der Waals surface area contributed by atoms with E-state index in [9.17, 15) is 0 Å². The second-order valence-electron chi connectivity index (χ2n) is 3.01. The molecule has 1 heterocycles. The van der Waals surface area contributed by atoms with E-state index >= 15 is 0 Å². The van der Waals surface area contributed by atoms with Crippen molar-refractivity contribution in [1.82, 2.24) is 15.6 Å². The van der Waals surface area contributed by atoms with Gasteiger partial charge in [-0.15, -0.1) is 0 Å². The van der Waals surface area contributed by atoms with E-state index in [-0.39, 0.29) is 0 Å². The second kappa shape index (κ2) is 4.82. The highest BCUT2D eigenvalue weighted by Gasteiger charge is 2.00. The van der Waals surface area contributed by atoms with Gasteiger partial charge in [-0.3, -0.25) is 10.6 Å². The number of nitrogens with one attached hydrogen (secondary N) is 1.